The van der Waals surface area contributed by atoms with E-state index in [1.807, 2.05) is 6.92 Å². The van der Waals surface area contributed by atoms with Gasteiger partial charge in [0.25, 0.3) is 5.91 Å². The number of nitrogens with one attached hydrogen (secondary N) is 2. The van der Waals surface area contributed by atoms with Crippen LogP contribution < -0.4 is 16.4 Å². The third kappa shape index (κ3) is 3.95. The molecule has 1 saturated heterocycles. The fourth-order valence-corrected chi connectivity index (χ4v) is 3.21. The fourth-order valence-electron chi connectivity index (χ4n) is 3.21. The molecule has 0 spiro atoms. The van der Waals surface area contributed by atoms with Crippen LogP contribution >= 0.6 is 0 Å². The Morgan fingerprint density at radius 2 is 2.17 bits per heavy atom. The Labute approximate surface area is 174 Å². The van der Waals surface area contributed by atoms with Crippen molar-refractivity contribution in [2.45, 2.75) is 13.3 Å². The molecule has 1 aromatic carbocycles. The van der Waals surface area contributed by atoms with E-state index in [-0.39, 0.29) is 11.6 Å². The number of nitrogens with zero attached hydrogens (tertiary/aromatic N) is 2. The quantitative estimate of drug-likeness (QED) is 0.549. The molecule has 152 valence electrons. The van der Waals surface area contributed by atoms with Gasteiger partial charge in [-0.3, -0.25) is 9.59 Å². The van der Waals surface area contributed by atoms with E-state index >= 15 is 0 Å². The number of aliphatic hydroxyl groups is 1. The summed E-state index contributed by atoms with van der Waals surface area (Å²) in [4.78, 5) is 28.2. The number of anilines is 1. The van der Waals surface area contributed by atoms with Gasteiger partial charge in [-0.15, -0.1) is 0 Å². The molecule has 5 N–H and O–H groups in total. The molecular weight excluding hydrogens is 382 g/mol. The molecule has 30 heavy (non-hydrogen) atoms. The molecule has 1 fully saturated rings. The van der Waals surface area contributed by atoms with Crippen molar-refractivity contribution in [3.8, 4) is 29.2 Å². The smallest absolute Gasteiger partial charge is 0.269 e. The minimum absolute atomic E-state index is 0.119. The maximum Gasteiger partial charge on any atom is 0.269 e. The van der Waals surface area contributed by atoms with Crippen LogP contribution in [0.5, 0.6) is 0 Å². The Kier molecular flexibility index (Phi) is 6.01. The summed E-state index contributed by atoms with van der Waals surface area (Å²) in [6, 6.07) is 10.5. The summed E-state index contributed by atoms with van der Waals surface area (Å²) in [7, 11) is 0. The van der Waals surface area contributed by atoms with Crippen LogP contribution in [0.15, 0.2) is 30.3 Å². The van der Waals surface area contributed by atoms with Crippen LogP contribution in [0.3, 0.4) is 0 Å². The first kappa shape index (κ1) is 20.8. The number of pyridine rings is 1. The summed E-state index contributed by atoms with van der Waals surface area (Å²) < 4.78 is 0. The fraction of sp³-hybridized carbons (Fsp3) is 0.273. The first-order chi connectivity index (χ1) is 14.4. The third-order valence-electron chi connectivity index (χ3n) is 4.91. The maximum atomic E-state index is 12.1. The van der Waals surface area contributed by atoms with Crippen LogP contribution in [0.1, 0.15) is 35.0 Å². The maximum absolute atomic E-state index is 12.1. The van der Waals surface area contributed by atoms with Gasteiger partial charge in [0.2, 0.25) is 5.91 Å². The van der Waals surface area contributed by atoms with E-state index in [9.17, 15) is 20.0 Å². The predicted octanol–water partition coefficient (Wildman–Crippen LogP) is 1.00. The van der Waals surface area contributed by atoms with Gasteiger partial charge in [-0.25, -0.2) is 4.98 Å². The summed E-state index contributed by atoms with van der Waals surface area (Å²) in [6.45, 7) is 2.55. The lowest BCUT2D eigenvalue weighted by molar-refractivity contribution is -0.126. The van der Waals surface area contributed by atoms with Gasteiger partial charge in [-0.2, -0.15) is 5.26 Å². The van der Waals surface area contributed by atoms with Crippen molar-refractivity contribution in [3.05, 3.63) is 47.2 Å². The summed E-state index contributed by atoms with van der Waals surface area (Å²) in [6.07, 6.45) is 0.395. The Balaban J connectivity index is 2.05. The van der Waals surface area contributed by atoms with Crippen molar-refractivity contribution in [2.24, 2.45) is 11.1 Å². The Bertz CT molecular complexity index is 1110. The molecule has 0 radical (unpaired) electrons. The molecule has 2 heterocycles. The number of amides is 2. The van der Waals surface area contributed by atoms with E-state index in [0.29, 0.717) is 47.6 Å². The molecule has 8 heteroatoms. The normalized spacial score (nSPS) is 17.4. The first-order valence-corrected chi connectivity index (χ1v) is 9.45. The van der Waals surface area contributed by atoms with E-state index in [2.05, 4.69) is 33.5 Å². The van der Waals surface area contributed by atoms with Crippen LogP contribution in [0.2, 0.25) is 0 Å². The minimum Gasteiger partial charge on any atom is -0.394 e. The second kappa shape index (κ2) is 8.64. The highest BCUT2D eigenvalue weighted by Gasteiger charge is 2.40. The van der Waals surface area contributed by atoms with Gasteiger partial charge in [-0.05, 0) is 37.6 Å². The van der Waals surface area contributed by atoms with Crippen LogP contribution in [0, 0.1) is 28.6 Å². The second-order valence-corrected chi connectivity index (χ2v) is 6.86. The van der Waals surface area contributed by atoms with Crippen molar-refractivity contribution >= 4 is 17.5 Å². The van der Waals surface area contributed by atoms with Gasteiger partial charge in [0.05, 0.1) is 23.6 Å². The van der Waals surface area contributed by atoms with Crippen molar-refractivity contribution in [1.29, 1.82) is 5.26 Å². The van der Waals surface area contributed by atoms with Gasteiger partial charge in [0.15, 0.2) is 5.69 Å². The lowest BCUT2D eigenvalue weighted by Gasteiger charge is -2.15. The highest BCUT2D eigenvalue weighted by Crippen LogP contribution is 2.27. The summed E-state index contributed by atoms with van der Waals surface area (Å²) in [5.74, 6) is 4.76. The number of nitriles is 1. The molecule has 2 aromatic rings. The Morgan fingerprint density at radius 3 is 2.77 bits per heavy atom. The lowest BCUT2D eigenvalue weighted by Crippen LogP contribution is -2.33. The highest BCUT2D eigenvalue weighted by atomic mass is 16.3. The molecule has 1 aromatic heterocycles. The van der Waals surface area contributed by atoms with E-state index in [1.165, 1.54) is 0 Å². The number of carbonyl (C=O) groups is 2. The number of hydrogen-bond acceptors (Lipinski definition) is 6. The number of aromatic nitrogens is 1. The number of benzene rings is 1. The zero-order valence-corrected chi connectivity index (χ0v) is 16.5. The number of rotatable bonds is 5. The van der Waals surface area contributed by atoms with E-state index in [4.69, 9.17) is 5.73 Å². The number of primary amides is 1. The zero-order chi connectivity index (χ0) is 21.7. The average Bonchev–Trinajstić information content (AvgIpc) is 3.13. The van der Waals surface area contributed by atoms with Crippen LogP contribution in [0.4, 0.5) is 5.69 Å². The predicted molar refractivity (Wildman–Crippen MR) is 111 cm³/mol. The molecule has 1 aliphatic rings. The summed E-state index contributed by atoms with van der Waals surface area (Å²) >= 11 is 0. The molecule has 0 bridgehead atoms. The second-order valence-electron chi connectivity index (χ2n) is 6.86. The van der Waals surface area contributed by atoms with Gasteiger partial charge in [0, 0.05) is 24.2 Å². The third-order valence-corrected chi connectivity index (χ3v) is 4.91. The summed E-state index contributed by atoms with van der Waals surface area (Å²) in [5.41, 5.74) is 6.81. The van der Waals surface area contributed by atoms with Gasteiger partial charge >= 0.3 is 0 Å². The van der Waals surface area contributed by atoms with E-state index in [0.717, 1.165) is 0 Å². The van der Waals surface area contributed by atoms with Crippen molar-refractivity contribution in [1.82, 2.24) is 10.3 Å². The Hall–Kier alpha value is -3.88. The van der Waals surface area contributed by atoms with Crippen LogP contribution in [-0.4, -0.2) is 41.6 Å². The van der Waals surface area contributed by atoms with Gasteiger partial charge in [0.1, 0.15) is 11.5 Å². The van der Waals surface area contributed by atoms with Crippen molar-refractivity contribution < 1.29 is 14.7 Å². The van der Waals surface area contributed by atoms with Crippen LogP contribution in [-0.2, 0) is 4.79 Å². The molecule has 2 amide bonds. The molecule has 3 rings (SSSR count). The monoisotopic (exact) mass is 403 g/mol. The number of hydrogen-bond donors (Lipinski definition) is 4. The summed E-state index contributed by atoms with van der Waals surface area (Å²) in [5, 5.41) is 24.8. The molecule has 1 aliphatic heterocycles. The first-order valence-electron chi connectivity index (χ1n) is 9.45. The molecule has 8 nitrogen and oxygen atoms in total. The standard InChI is InChI=1S/C22H21N5O3/c1-2-25-18-6-5-17(27-19(18)20(24)29)15-3-4-16(12-23)14(11-15)7-8-22(13-28)9-10-26-21(22)30/h3-6,11,25,28H,2,9-10,13H2,1H3,(H2,24,29)(H,26,30)/t22-/m0/s1. The zero-order valence-electron chi connectivity index (χ0n) is 16.5. The number of aliphatic hydroxyl groups excluding tert-OH is 1. The Morgan fingerprint density at radius 1 is 1.37 bits per heavy atom. The molecule has 1 atom stereocenters. The minimum atomic E-state index is -1.17. The number of carbonyl (C=O) groups excluding carboxylic acids is 2. The van der Waals surface area contributed by atoms with E-state index in [1.54, 1.807) is 30.3 Å². The van der Waals surface area contributed by atoms with Crippen molar-refractivity contribution in [3.63, 3.8) is 0 Å². The van der Waals surface area contributed by atoms with Crippen molar-refractivity contribution in [2.75, 3.05) is 25.0 Å². The topological polar surface area (TPSA) is 141 Å². The highest BCUT2D eigenvalue weighted by molar-refractivity contribution is 5.97. The van der Waals surface area contributed by atoms with Gasteiger partial charge in [-0.1, -0.05) is 17.9 Å². The van der Waals surface area contributed by atoms with E-state index < -0.39 is 17.9 Å². The van der Waals surface area contributed by atoms with Crippen LogP contribution in [0.25, 0.3) is 11.3 Å². The average molecular weight is 403 g/mol. The number of nitrogens with two attached hydrogens (primary N) is 1. The lowest BCUT2D eigenvalue weighted by atomic mass is 9.87. The molecule has 0 unspecified atom stereocenters. The largest absolute Gasteiger partial charge is 0.394 e. The molecule has 0 saturated carbocycles. The SMILES string of the molecule is CCNc1ccc(-c2ccc(C#N)c(C#C[C@@]3(CO)CCNC3=O)c2)nc1C(N)=O. The molecular formula is C22H21N5O3. The molecule has 0 aliphatic carbocycles. The van der Waals surface area contributed by atoms with Gasteiger partial charge < -0.3 is 21.5 Å².